The molecule has 1 unspecified atom stereocenters. The molecule has 0 saturated carbocycles. The third-order valence-electron chi connectivity index (χ3n) is 3.78. The van der Waals surface area contributed by atoms with Gasteiger partial charge in [-0.1, -0.05) is 0 Å². The highest BCUT2D eigenvalue weighted by molar-refractivity contribution is 5.72. The van der Waals surface area contributed by atoms with Gasteiger partial charge in [0, 0.05) is 25.2 Å². The summed E-state index contributed by atoms with van der Waals surface area (Å²) >= 11 is 0. The van der Waals surface area contributed by atoms with Crippen LogP contribution in [0.3, 0.4) is 0 Å². The zero-order chi connectivity index (χ0) is 20.9. The monoisotopic (exact) mass is 395 g/mol. The van der Waals surface area contributed by atoms with Gasteiger partial charge < -0.3 is 24.4 Å². The molecule has 1 saturated heterocycles. The average molecular weight is 395 g/mol. The molecule has 10 heteroatoms. The predicted molar refractivity (Wildman–Crippen MR) is 99.3 cm³/mol. The summed E-state index contributed by atoms with van der Waals surface area (Å²) in [6, 6.07) is 5.14. The molecule has 2 rings (SSSR count). The Morgan fingerprint density at radius 1 is 1.29 bits per heavy atom. The van der Waals surface area contributed by atoms with Crippen LogP contribution in [0, 0.1) is 10.1 Å². The summed E-state index contributed by atoms with van der Waals surface area (Å²) in [5.74, 6) is 0.158. The minimum absolute atomic E-state index is 0.107. The molecule has 1 aromatic carbocycles. The van der Waals surface area contributed by atoms with Crippen molar-refractivity contribution in [3.05, 3.63) is 34.4 Å². The second kappa shape index (κ2) is 8.42. The maximum absolute atomic E-state index is 12.4. The minimum atomic E-state index is -0.898. The molecule has 0 spiro atoms. The molecular weight excluding hydrogens is 370 g/mol. The van der Waals surface area contributed by atoms with Gasteiger partial charge in [0.1, 0.15) is 11.4 Å². The molecular formula is C18H25N3O7. The quantitative estimate of drug-likeness (QED) is 0.617. The first-order valence-electron chi connectivity index (χ1n) is 8.78. The Labute approximate surface area is 162 Å². The zero-order valence-electron chi connectivity index (χ0n) is 16.4. The van der Waals surface area contributed by atoms with Gasteiger partial charge in [0.2, 0.25) is 0 Å². The second-order valence-electron chi connectivity index (χ2n) is 7.78. The molecule has 0 radical (unpaired) electrons. The summed E-state index contributed by atoms with van der Waals surface area (Å²) in [6.45, 7) is 8.07. The van der Waals surface area contributed by atoms with Crippen molar-refractivity contribution in [3.63, 3.8) is 0 Å². The van der Waals surface area contributed by atoms with Crippen molar-refractivity contribution in [1.82, 2.24) is 10.2 Å². The number of nitro benzene ring substituents is 1. The van der Waals surface area contributed by atoms with Gasteiger partial charge in [-0.25, -0.2) is 9.59 Å². The Balaban J connectivity index is 2.00. The summed E-state index contributed by atoms with van der Waals surface area (Å²) < 4.78 is 16.1. The number of ether oxygens (including phenoxy) is 3. The number of benzene rings is 1. The van der Waals surface area contributed by atoms with Crippen molar-refractivity contribution in [3.8, 4) is 5.75 Å². The van der Waals surface area contributed by atoms with Crippen LogP contribution in [0.5, 0.6) is 5.75 Å². The largest absolute Gasteiger partial charge is 0.444 e. The van der Waals surface area contributed by atoms with E-state index in [0.29, 0.717) is 13.2 Å². The molecule has 0 aromatic heterocycles. The number of rotatable bonds is 3. The molecule has 154 valence electrons. The number of nitro groups is 1. The molecule has 1 aliphatic rings. The van der Waals surface area contributed by atoms with Crippen LogP contribution in [0.2, 0.25) is 0 Å². The van der Waals surface area contributed by atoms with Crippen molar-refractivity contribution in [2.45, 2.75) is 38.8 Å². The van der Waals surface area contributed by atoms with Crippen LogP contribution >= 0.6 is 0 Å². The molecule has 1 aromatic rings. The molecule has 1 atom stereocenters. The Hall–Kier alpha value is -2.88. The van der Waals surface area contributed by atoms with Crippen LogP contribution < -0.4 is 10.1 Å². The van der Waals surface area contributed by atoms with E-state index >= 15 is 0 Å². The fraction of sp³-hybridized carbons (Fsp3) is 0.556. The number of carbonyl (C=O) groups is 2. The molecule has 28 heavy (non-hydrogen) atoms. The van der Waals surface area contributed by atoms with Crippen LogP contribution in [0.4, 0.5) is 15.3 Å². The van der Waals surface area contributed by atoms with Crippen LogP contribution in [0.15, 0.2) is 24.3 Å². The summed E-state index contributed by atoms with van der Waals surface area (Å²) in [5.41, 5.74) is -1.64. The van der Waals surface area contributed by atoms with Gasteiger partial charge >= 0.3 is 12.2 Å². The fourth-order valence-corrected chi connectivity index (χ4v) is 2.59. The Morgan fingerprint density at radius 3 is 2.50 bits per heavy atom. The number of carbonyl (C=O) groups excluding carboxylic acids is 2. The lowest BCUT2D eigenvalue weighted by Crippen LogP contribution is -2.57. The number of hydrogen-bond acceptors (Lipinski definition) is 7. The Morgan fingerprint density at radius 2 is 1.93 bits per heavy atom. The third-order valence-corrected chi connectivity index (χ3v) is 3.78. The van der Waals surface area contributed by atoms with Crippen LogP contribution in [0.1, 0.15) is 27.7 Å². The van der Waals surface area contributed by atoms with Crippen molar-refractivity contribution < 1.29 is 28.7 Å². The van der Waals surface area contributed by atoms with Crippen LogP contribution in [-0.4, -0.2) is 59.5 Å². The SMILES string of the molecule is CC1(NC(=O)Oc2ccc([N+](=O)[O-])cc2)COCCN(C(=O)OC(C)(C)C)C1. The number of non-ortho nitro benzene ring substituents is 1. The molecule has 10 nitrogen and oxygen atoms in total. The number of amides is 2. The standard InChI is InChI=1S/C18H25N3O7/c1-17(2,3)28-16(23)20-9-10-26-12-18(4,11-20)19-15(22)27-14-7-5-13(6-8-14)21(24)25/h5-8H,9-12H2,1-4H3,(H,19,22). The Kier molecular flexibility index (Phi) is 6.45. The predicted octanol–water partition coefficient (Wildman–Crippen LogP) is 2.71. The molecule has 1 aliphatic heterocycles. The van der Waals surface area contributed by atoms with E-state index in [9.17, 15) is 19.7 Å². The van der Waals surface area contributed by atoms with Crippen molar-refractivity contribution in [2.24, 2.45) is 0 Å². The molecule has 2 amide bonds. The summed E-state index contributed by atoms with van der Waals surface area (Å²) in [5, 5.41) is 13.4. The van der Waals surface area contributed by atoms with Crippen LogP contribution in [0.25, 0.3) is 0 Å². The topological polar surface area (TPSA) is 120 Å². The molecule has 0 aliphatic carbocycles. The Bertz CT molecular complexity index is 730. The average Bonchev–Trinajstić information content (AvgIpc) is 2.75. The lowest BCUT2D eigenvalue weighted by atomic mass is 10.0. The van der Waals surface area contributed by atoms with E-state index in [2.05, 4.69) is 5.32 Å². The van der Waals surface area contributed by atoms with E-state index in [1.165, 1.54) is 29.2 Å². The van der Waals surface area contributed by atoms with Gasteiger partial charge in [-0.05, 0) is 39.8 Å². The number of nitrogens with one attached hydrogen (secondary N) is 1. The van der Waals surface area contributed by atoms with E-state index in [4.69, 9.17) is 14.2 Å². The van der Waals surface area contributed by atoms with E-state index in [0.717, 1.165) is 0 Å². The number of nitrogens with zero attached hydrogens (tertiary/aromatic N) is 2. The summed E-state index contributed by atoms with van der Waals surface area (Å²) in [6.07, 6.45) is -1.25. The minimum Gasteiger partial charge on any atom is -0.444 e. The normalized spacial score (nSPS) is 20.1. The van der Waals surface area contributed by atoms with Crippen molar-refractivity contribution in [2.75, 3.05) is 26.3 Å². The maximum Gasteiger partial charge on any atom is 0.413 e. The van der Waals surface area contributed by atoms with Gasteiger partial charge in [0.15, 0.2) is 0 Å². The highest BCUT2D eigenvalue weighted by Crippen LogP contribution is 2.19. The first kappa shape index (κ1) is 21.4. The summed E-state index contributed by atoms with van der Waals surface area (Å²) in [4.78, 5) is 36.2. The lowest BCUT2D eigenvalue weighted by Gasteiger charge is -2.33. The number of hydrogen-bond donors (Lipinski definition) is 1. The fourth-order valence-electron chi connectivity index (χ4n) is 2.59. The van der Waals surface area contributed by atoms with Gasteiger partial charge in [-0.15, -0.1) is 0 Å². The highest BCUT2D eigenvalue weighted by atomic mass is 16.6. The van der Waals surface area contributed by atoms with Gasteiger partial charge in [0.25, 0.3) is 5.69 Å². The molecule has 1 N–H and O–H groups in total. The smallest absolute Gasteiger partial charge is 0.413 e. The van der Waals surface area contributed by atoms with Gasteiger partial charge in [-0.2, -0.15) is 0 Å². The van der Waals surface area contributed by atoms with Crippen molar-refractivity contribution >= 4 is 17.9 Å². The van der Waals surface area contributed by atoms with Crippen molar-refractivity contribution in [1.29, 1.82) is 0 Å². The summed E-state index contributed by atoms with van der Waals surface area (Å²) in [7, 11) is 0. The van der Waals surface area contributed by atoms with E-state index in [1.807, 2.05) is 0 Å². The van der Waals surface area contributed by atoms with Crippen LogP contribution in [-0.2, 0) is 9.47 Å². The lowest BCUT2D eigenvalue weighted by molar-refractivity contribution is -0.384. The van der Waals surface area contributed by atoms with Gasteiger partial charge in [0.05, 0.1) is 23.7 Å². The second-order valence-corrected chi connectivity index (χ2v) is 7.78. The molecule has 1 fully saturated rings. The first-order chi connectivity index (χ1) is 13.0. The van der Waals surface area contributed by atoms with Gasteiger partial charge in [-0.3, -0.25) is 10.1 Å². The van der Waals surface area contributed by atoms with E-state index in [-0.39, 0.29) is 24.6 Å². The molecule has 0 bridgehead atoms. The van der Waals surface area contributed by atoms with E-state index in [1.54, 1.807) is 27.7 Å². The maximum atomic E-state index is 12.4. The highest BCUT2D eigenvalue weighted by Gasteiger charge is 2.36. The van der Waals surface area contributed by atoms with E-state index < -0.39 is 28.2 Å². The zero-order valence-corrected chi connectivity index (χ0v) is 16.4. The molecule has 1 heterocycles. The first-order valence-corrected chi connectivity index (χ1v) is 8.78. The third kappa shape index (κ3) is 6.38.